The minimum absolute atomic E-state index is 0.0630. The molecule has 1 heterocycles. The minimum atomic E-state index is -1.09. The number of nitrogens with one attached hydrogen (secondary N) is 1. The van der Waals surface area contributed by atoms with Gasteiger partial charge in [0.2, 0.25) is 11.7 Å². The molecular weight excluding hydrogens is 309 g/mol. The van der Waals surface area contributed by atoms with Crippen molar-refractivity contribution in [2.45, 2.75) is 32.4 Å². The fraction of sp³-hybridized carbons (Fsp3) is 0.429. The zero-order valence-electron chi connectivity index (χ0n) is 12.8. The number of likely N-dealkylation sites (tertiary alicyclic amines) is 1. The number of imide groups is 1. The minimum Gasteiger partial charge on any atom is -0.497 e. The molecule has 8 nitrogen and oxygen atoms in total. The van der Waals surface area contributed by atoms with Crippen molar-refractivity contribution in [3.8, 4) is 5.75 Å². The molecule has 0 spiro atoms. The van der Waals surface area contributed by atoms with Crippen molar-refractivity contribution in [1.82, 2.24) is 4.90 Å². The Kier molecular flexibility index (Phi) is 4.48. The van der Waals surface area contributed by atoms with Crippen molar-refractivity contribution < 1.29 is 23.6 Å². The molecule has 1 aliphatic rings. The van der Waals surface area contributed by atoms with Crippen LogP contribution >= 0.6 is 0 Å². The number of hydrogen-bond donors (Lipinski definition) is 1. The van der Waals surface area contributed by atoms with Crippen LogP contribution in [-0.2, 0) is 9.59 Å². The predicted octanol–water partition coefficient (Wildman–Crippen LogP) is 1.69. The van der Waals surface area contributed by atoms with Crippen LogP contribution in [0.4, 0.5) is 15.8 Å². The third kappa shape index (κ3) is 3.08. The van der Waals surface area contributed by atoms with Gasteiger partial charge in [-0.05, 0) is 13.8 Å². The van der Waals surface area contributed by atoms with E-state index < -0.39 is 28.4 Å². The standard InChI is InChI=1S/C14H16FN3O5/c1-7(2)17-12(19)6-11(14(17)20)16-10-5-8(23-3)4-9(15)13(10)18(21)22/h4-5,7,11,16H,6H2,1-3H3. The number of carbonyl (C=O) groups is 2. The molecule has 9 heteroatoms. The van der Waals surface area contributed by atoms with Gasteiger partial charge in [-0.3, -0.25) is 24.6 Å². The zero-order valence-corrected chi connectivity index (χ0v) is 12.8. The van der Waals surface area contributed by atoms with Crippen molar-refractivity contribution in [2.75, 3.05) is 12.4 Å². The summed E-state index contributed by atoms with van der Waals surface area (Å²) in [7, 11) is 1.29. The second kappa shape index (κ2) is 6.19. The van der Waals surface area contributed by atoms with E-state index in [4.69, 9.17) is 4.74 Å². The summed E-state index contributed by atoms with van der Waals surface area (Å²) in [4.78, 5) is 35.3. The summed E-state index contributed by atoms with van der Waals surface area (Å²) in [6.07, 6.45) is -0.146. The van der Waals surface area contributed by atoms with E-state index in [-0.39, 0.29) is 29.8 Å². The fourth-order valence-corrected chi connectivity index (χ4v) is 2.48. The first-order chi connectivity index (χ1) is 10.8. The maximum absolute atomic E-state index is 13.9. The third-order valence-corrected chi connectivity index (χ3v) is 3.48. The summed E-state index contributed by atoms with van der Waals surface area (Å²) < 4.78 is 18.8. The second-order valence-electron chi connectivity index (χ2n) is 5.36. The highest BCUT2D eigenvalue weighted by Gasteiger charge is 2.41. The molecule has 0 aliphatic carbocycles. The highest BCUT2D eigenvalue weighted by molar-refractivity contribution is 6.07. The Hall–Kier alpha value is -2.71. The van der Waals surface area contributed by atoms with Gasteiger partial charge >= 0.3 is 5.69 Å². The Morgan fingerprint density at radius 1 is 1.43 bits per heavy atom. The van der Waals surface area contributed by atoms with E-state index in [0.29, 0.717) is 0 Å². The lowest BCUT2D eigenvalue weighted by molar-refractivity contribution is -0.386. The lowest BCUT2D eigenvalue weighted by atomic mass is 10.2. The van der Waals surface area contributed by atoms with Crippen LogP contribution < -0.4 is 10.1 Å². The van der Waals surface area contributed by atoms with Gasteiger partial charge in [0.15, 0.2) is 0 Å². The molecule has 0 bridgehead atoms. The van der Waals surface area contributed by atoms with Crippen molar-refractivity contribution in [1.29, 1.82) is 0 Å². The van der Waals surface area contributed by atoms with Gasteiger partial charge in [0.1, 0.15) is 17.5 Å². The van der Waals surface area contributed by atoms with Crippen LogP contribution in [0, 0.1) is 15.9 Å². The zero-order chi connectivity index (χ0) is 17.3. The fourth-order valence-electron chi connectivity index (χ4n) is 2.48. The first-order valence-corrected chi connectivity index (χ1v) is 6.90. The van der Waals surface area contributed by atoms with Crippen LogP contribution in [-0.4, -0.2) is 40.8 Å². The number of carbonyl (C=O) groups excluding carboxylic acids is 2. The molecule has 1 fully saturated rings. The number of nitrogens with zero attached hydrogens (tertiary/aromatic N) is 2. The van der Waals surface area contributed by atoms with Gasteiger partial charge < -0.3 is 10.1 Å². The number of amides is 2. The number of anilines is 1. The van der Waals surface area contributed by atoms with Gasteiger partial charge in [0.05, 0.1) is 18.5 Å². The molecule has 1 aliphatic heterocycles. The second-order valence-corrected chi connectivity index (χ2v) is 5.36. The molecule has 2 rings (SSSR count). The van der Waals surface area contributed by atoms with E-state index >= 15 is 0 Å². The van der Waals surface area contributed by atoms with Gasteiger partial charge in [-0.1, -0.05) is 0 Å². The largest absolute Gasteiger partial charge is 0.497 e. The number of halogens is 1. The van der Waals surface area contributed by atoms with Crippen molar-refractivity contribution in [3.63, 3.8) is 0 Å². The molecule has 0 saturated carbocycles. The van der Waals surface area contributed by atoms with E-state index in [1.807, 2.05) is 0 Å². The van der Waals surface area contributed by atoms with E-state index in [0.717, 1.165) is 11.0 Å². The van der Waals surface area contributed by atoms with Gasteiger partial charge in [-0.2, -0.15) is 4.39 Å². The molecule has 23 heavy (non-hydrogen) atoms. The van der Waals surface area contributed by atoms with Gasteiger partial charge in [-0.15, -0.1) is 0 Å². The molecule has 0 aromatic heterocycles. The first-order valence-electron chi connectivity index (χ1n) is 6.90. The molecule has 1 saturated heterocycles. The summed E-state index contributed by atoms with van der Waals surface area (Å²) in [6.45, 7) is 3.37. The Bertz CT molecular complexity index is 677. The van der Waals surface area contributed by atoms with E-state index in [1.165, 1.54) is 13.2 Å². The van der Waals surface area contributed by atoms with Crippen LogP contribution in [0.2, 0.25) is 0 Å². The van der Waals surface area contributed by atoms with Crippen LogP contribution in [0.5, 0.6) is 5.75 Å². The maximum Gasteiger partial charge on any atom is 0.327 e. The number of benzene rings is 1. The van der Waals surface area contributed by atoms with Crippen LogP contribution in [0.15, 0.2) is 12.1 Å². The van der Waals surface area contributed by atoms with Crippen molar-refractivity contribution in [2.24, 2.45) is 0 Å². The number of nitro benzene ring substituents is 1. The summed E-state index contributed by atoms with van der Waals surface area (Å²) in [5.74, 6) is -1.90. The maximum atomic E-state index is 13.9. The number of ether oxygens (including phenoxy) is 1. The summed E-state index contributed by atoms with van der Waals surface area (Å²) in [5.41, 5.74) is -1.00. The number of methoxy groups -OCH3 is 1. The highest BCUT2D eigenvalue weighted by atomic mass is 19.1. The Labute approximate surface area is 131 Å². The molecule has 1 atom stereocenters. The smallest absolute Gasteiger partial charge is 0.327 e. The normalized spacial score (nSPS) is 17.8. The van der Waals surface area contributed by atoms with E-state index in [2.05, 4.69) is 5.32 Å². The summed E-state index contributed by atoms with van der Waals surface area (Å²) >= 11 is 0. The topological polar surface area (TPSA) is 102 Å². The lowest BCUT2D eigenvalue weighted by Gasteiger charge is -2.19. The van der Waals surface area contributed by atoms with Gasteiger partial charge in [-0.25, -0.2) is 0 Å². The Balaban J connectivity index is 2.37. The number of nitro groups is 1. The summed E-state index contributed by atoms with van der Waals surface area (Å²) in [5, 5.41) is 13.7. The predicted molar refractivity (Wildman–Crippen MR) is 78.6 cm³/mol. The van der Waals surface area contributed by atoms with E-state index in [1.54, 1.807) is 13.8 Å². The average molecular weight is 325 g/mol. The third-order valence-electron chi connectivity index (χ3n) is 3.48. The number of rotatable bonds is 5. The quantitative estimate of drug-likeness (QED) is 0.502. The van der Waals surface area contributed by atoms with Crippen molar-refractivity contribution >= 4 is 23.2 Å². The first kappa shape index (κ1) is 16.7. The molecular formula is C14H16FN3O5. The monoisotopic (exact) mass is 325 g/mol. The molecule has 1 unspecified atom stereocenters. The number of hydrogen-bond acceptors (Lipinski definition) is 6. The van der Waals surface area contributed by atoms with Gasteiger partial charge in [0.25, 0.3) is 5.91 Å². The van der Waals surface area contributed by atoms with E-state index in [9.17, 15) is 24.1 Å². The molecule has 0 radical (unpaired) electrons. The Morgan fingerprint density at radius 2 is 2.09 bits per heavy atom. The van der Waals surface area contributed by atoms with Gasteiger partial charge in [0, 0.05) is 18.2 Å². The van der Waals surface area contributed by atoms with Crippen LogP contribution in [0.1, 0.15) is 20.3 Å². The van der Waals surface area contributed by atoms with Crippen molar-refractivity contribution in [3.05, 3.63) is 28.1 Å². The SMILES string of the molecule is COc1cc(F)c([N+](=O)[O-])c(NC2CC(=O)N(C(C)C)C2=O)c1. The van der Waals surface area contributed by atoms with Crippen LogP contribution in [0.3, 0.4) is 0 Å². The summed E-state index contributed by atoms with van der Waals surface area (Å²) in [6, 6.07) is 0.802. The molecule has 2 amide bonds. The average Bonchev–Trinajstić information content (AvgIpc) is 2.72. The molecule has 124 valence electrons. The molecule has 1 aromatic carbocycles. The Morgan fingerprint density at radius 3 is 2.57 bits per heavy atom. The lowest BCUT2D eigenvalue weighted by Crippen LogP contribution is -2.39. The molecule has 1 N–H and O–H groups in total. The highest BCUT2D eigenvalue weighted by Crippen LogP contribution is 2.34. The van der Waals surface area contributed by atoms with Crippen LogP contribution in [0.25, 0.3) is 0 Å². The molecule has 1 aromatic rings.